The van der Waals surface area contributed by atoms with Gasteiger partial charge in [-0.3, -0.25) is 18.9 Å². The number of rotatable bonds is 4. The fourth-order valence-corrected chi connectivity index (χ4v) is 4.05. The Morgan fingerprint density at radius 3 is 2.62 bits per heavy atom. The minimum Gasteiger partial charge on any atom is -0.278 e. The first-order valence-corrected chi connectivity index (χ1v) is 10.1. The smallest absolute Gasteiger partial charge is 0.264 e. The Bertz CT molecular complexity index is 1400. The molecule has 1 aromatic carbocycles. The highest BCUT2D eigenvalue weighted by Gasteiger charge is 2.20. The van der Waals surface area contributed by atoms with Crippen LogP contribution in [-0.2, 0) is 10.0 Å². The Kier molecular flexibility index (Phi) is 4.59. The van der Waals surface area contributed by atoms with Crippen molar-refractivity contribution in [2.75, 3.05) is 4.72 Å². The lowest BCUT2D eigenvalue weighted by atomic mass is 10.1. The standard InChI is InChI=1S/C20H15FN4O3S/c1-13-17(24-29(27,28)18-5-3-2-4-16(18)21)10-15(11-23-13)14-6-7-19-22-9-8-20(26)25(19)12-14/h2-12,24H,1H3. The van der Waals surface area contributed by atoms with Crippen LogP contribution in [0.3, 0.4) is 0 Å². The van der Waals surface area contributed by atoms with Gasteiger partial charge in [-0.2, -0.15) is 0 Å². The summed E-state index contributed by atoms with van der Waals surface area (Å²) in [5, 5.41) is 0. The molecule has 1 N–H and O–H groups in total. The SMILES string of the molecule is Cc1ncc(-c2ccc3nccc(=O)n3c2)cc1NS(=O)(=O)c1ccccc1F. The molecule has 0 spiro atoms. The first kappa shape index (κ1) is 18.8. The number of nitrogens with one attached hydrogen (secondary N) is 1. The maximum absolute atomic E-state index is 13.9. The second-order valence-corrected chi connectivity index (χ2v) is 7.97. The minimum atomic E-state index is -4.14. The Morgan fingerprint density at radius 2 is 1.83 bits per heavy atom. The average Bonchev–Trinajstić information content (AvgIpc) is 2.70. The quantitative estimate of drug-likeness (QED) is 0.558. The lowest BCUT2D eigenvalue weighted by Gasteiger charge is -2.12. The van der Waals surface area contributed by atoms with Gasteiger partial charge in [-0.05, 0) is 37.3 Å². The van der Waals surface area contributed by atoms with Crippen LogP contribution in [0.5, 0.6) is 0 Å². The molecular weight excluding hydrogens is 395 g/mol. The Hall–Kier alpha value is -3.59. The molecule has 0 saturated carbocycles. The summed E-state index contributed by atoms with van der Waals surface area (Å²) in [5.41, 5.74) is 2.11. The Labute approximate surface area is 165 Å². The number of anilines is 1. The van der Waals surface area contributed by atoms with E-state index >= 15 is 0 Å². The molecule has 9 heteroatoms. The fourth-order valence-electron chi connectivity index (χ4n) is 2.86. The predicted octanol–water partition coefficient (Wildman–Crippen LogP) is 3.00. The van der Waals surface area contributed by atoms with Crippen LogP contribution in [0.4, 0.5) is 10.1 Å². The molecule has 0 fully saturated rings. The summed E-state index contributed by atoms with van der Waals surface area (Å²) in [6.07, 6.45) is 4.60. The second-order valence-electron chi connectivity index (χ2n) is 6.32. The van der Waals surface area contributed by atoms with Crippen LogP contribution in [-0.4, -0.2) is 22.8 Å². The third kappa shape index (κ3) is 3.59. The van der Waals surface area contributed by atoms with Crippen LogP contribution >= 0.6 is 0 Å². The summed E-state index contributed by atoms with van der Waals surface area (Å²) in [7, 11) is -4.14. The van der Waals surface area contributed by atoms with Gasteiger partial charge >= 0.3 is 0 Å². The normalized spacial score (nSPS) is 11.5. The van der Waals surface area contributed by atoms with Gasteiger partial charge < -0.3 is 0 Å². The minimum absolute atomic E-state index is 0.212. The molecule has 3 aromatic heterocycles. The number of halogens is 1. The van der Waals surface area contributed by atoms with E-state index in [1.807, 2.05) is 0 Å². The molecule has 0 radical (unpaired) electrons. The van der Waals surface area contributed by atoms with E-state index in [1.54, 1.807) is 37.5 Å². The first-order chi connectivity index (χ1) is 13.8. The maximum atomic E-state index is 13.9. The largest absolute Gasteiger partial charge is 0.278 e. The molecule has 0 aliphatic carbocycles. The van der Waals surface area contributed by atoms with Gasteiger partial charge in [-0.15, -0.1) is 0 Å². The van der Waals surface area contributed by atoms with E-state index in [2.05, 4.69) is 14.7 Å². The van der Waals surface area contributed by atoms with Crippen molar-refractivity contribution in [1.29, 1.82) is 0 Å². The number of fused-ring (bicyclic) bond motifs is 1. The number of aromatic nitrogens is 3. The summed E-state index contributed by atoms with van der Waals surface area (Å²) in [4.78, 5) is 19.9. The molecule has 4 rings (SSSR count). The number of aryl methyl sites for hydroxylation is 1. The van der Waals surface area contributed by atoms with E-state index in [0.717, 1.165) is 6.07 Å². The van der Waals surface area contributed by atoms with E-state index < -0.39 is 20.7 Å². The maximum Gasteiger partial charge on any atom is 0.264 e. The molecule has 0 bridgehead atoms. The van der Waals surface area contributed by atoms with E-state index in [1.165, 1.54) is 34.9 Å². The second kappa shape index (κ2) is 7.10. The zero-order valence-electron chi connectivity index (χ0n) is 15.2. The van der Waals surface area contributed by atoms with Crippen LogP contribution in [0.2, 0.25) is 0 Å². The molecule has 7 nitrogen and oxygen atoms in total. The zero-order chi connectivity index (χ0) is 20.6. The highest BCUT2D eigenvalue weighted by molar-refractivity contribution is 7.92. The highest BCUT2D eigenvalue weighted by atomic mass is 32.2. The van der Waals surface area contributed by atoms with E-state index in [-0.39, 0.29) is 11.2 Å². The number of hydrogen-bond acceptors (Lipinski definition) is 5. The van der Waals surface area contributed by atoms with Gasteiger partial charge in [0.1, 0.15) is 16.4 Å². The van der Waals surface area contributed by atoms with Crippen molar-refractivity contribution >= 4 is 21.4 Å². The third-order valence-corrected chi connectivity index (χ3v) is 5.78. The van der Waals surface area contributed by atoms with Crippen molar-refractivity contribution in [3.8, 4) is 11.1 Å². The summed E-state index contributed by atoms with van der Waals surface area (Å²) < 4.78 is 42.9. The van der Waals surface area contributed by atoms with E-state index in [9.17, 15) is 17.6 Å². The highest BCUT2D eigenvalue weighted by Crippen LogP contribution is 2.26. The predicted molar refractivity (Wildman–Crippen MR) is 107 cm³/mol. The third-order valence-electron chi connectivity index (χ3n) is 4.38. The first-order valence-electron chi connectivity index (χ1n) is 8.57. The number of sulfonamides is 1. The van der Waals surface area contributed by atoms with Crippen molar-refractivity contribution < 1.29 is 12.8 Å². The zero-order valence-corrected chi connectivity index (χ0v) is 16.0. The van der Waals surface area contributed by atoms with Crippen LogP contribution in [0.1, 0.15) is 5.69 Å². The van der Waals surface area contributed by atoms with Crippen LogP contribution in [0, 0.1) is 12.7 Å². The molecule has 4 aromatic rings. The van der Waals surface area contributed by atoms with Crippen molar-refractivity contribution in [2.24, 2.45) is 0 Å². The van der Waals surface area contributed by atoms with Crippen molar-refractivity contribution in [2.45, 2.75) is 11.8 Å². The molecule has 0 unspecified atom stereocenters. The lowest BCUT2D eigenvalue weighted by Crippen LogP contribution is -2.15. The molecule has 3 heterocycles. The van der Waals surface area contributed by atoms with Crippen LogP contribution < -0.4 is 10.3 Å². The topological polar surface area (TPSA) is 93.4 Å². The lowest BCUT2D eigenvalue weighted by molar-refractivity contribution is 0.570. The van der Waals surface area contributed by atoms with Gasteiger partial charge in [-0.25, -0.2) is 17.8 Å². The molecule has 0 aliphatic rings. The van der Waals surface area contributed by atoms with Gasteiger partial charge in [0.05, 0.1) is 11.4 Å². The summed E-state index contributed by atoms with van der Waals surface area (Å²) in [5.74, 6) is -0.844. The van der Waals surface area contributed by atoms with Gasteiger partial charge in [0.25, 0.3) is 15.6 Å². The van der Waals surface area contributed by atoms with Gasteiger partial charge in [0.2, 0.25) is 0 Å². The number of pyridine rings is 2. The van der Waals surface area contributed by atoms with E-state index in [0.29, 0.717) is 22.5 Å². The Morgan fingerprint density at radius 1 is 1.03 bits per heavy atom. The summed E-state index contributed by atoms with van der Waals surface area (Å²) in [6, 6.07) is 11.5. The van der Waals surface area contributed by atoms with Gasteiger partial charge in [-0.1, -0.05) is 12.1 Å². The van der Waals surface area contributed by atoms with E-state index in [4.69, 9.17) is 0 Å². The molecule has 0 atom stereocenters. The number of hydrogen-bond donors (Lipinski definition) is 1. The van der Waals surface area contributed by atoms with Crippen LogP contribution in [0.15, 0.2) is 76.8 Å². The summed E-state index contributed by atoms with van der Waals surface area (Å²) in [6.45, 7) is 1.64. The monoisotopic (exact) mass is 410 g/mol. The molecule has 0 amide bonds. The Balaban J connectivity index is 1.76. The number of benzene rings is 1. The fraction of sp³-hybridized carbons (Fsp3) is 0.0500. The molecule has 0 aliphatic heterocycles. The van der Waals surface area contributed by atoms with Gasteiger partial charge in [0.15, 0.2) is 0 Å². The average molecular weight is 410 g/mol. The molecule has 146 valence electrons. The number of nitrogens with zero attached hydrogens (tertiary/aromatic N) is 3. The van der Waals surface area contributed by atoms with Gasteiger partial charge in [0, 0.05) is 35.8 Å². The van der Waals surface area contributed by atoms with Crippen molar-refractivity contribution in [3.63, 3.8) is 0 Å². The molecular formula is C20H15FN4O3S. The van der Waals surface area contributed by atoms with Crippen molar-refractivity contribution in [3.05, 3.63) is 89.0 Å². The van der Waals surface area contributed by atoms with Crippen molar-refractivity contribution in [1.82, 2.24) is 14.4 Å². The van der Waals surface area contributed by atoms with Crippen LogP contribution in [0.25, 0.3) is 16.8 Å². The summed E-state index contributed by atoms with van der Waals surface area (Å²) >= 11 is 0. The molecule has 29 heavy (non-hydrogen) atoms. The molecule has 0 saturated heterocycles.